The highest BCUT2D eigenvalue weighted by Gasteiger charge is 2.33. The number of furan rings is 1. The zero-order chi connectivity index (χ0) is 19.8. The Bertz CT molecular complexity index is 988. The van der Waals surface area contributed by atoms with Crippen LogP contribution in [-0.2, 0) is 6.18 Å². The molecule has 3 nitrogen and oxygen atoms in total. The molecule has 0 aliphatic carbocycles. The second-order valence-electron chi connectivity index (χ2n) is 6.08. The van der Waals surface area contributed by atoms with E-state index in [-0.39, 0.29) is 17.1 Å². The Balaban J connectivity index is 1.88. The van der Waals surface area contributed by atoms with Crippen LogP contribution in [0.3, 0.4) is 0 Å². The molecule has 0 saturated heterocycles. The van der Waals surface area contributed by atoms with Crippen molar-refractivity contribution in [1.82, 2.24) is 0 Å². The molecule has 1 amide bonds. The summed E-state index contributed by atoms with van der Waals surface area (Å²) < 4.78 is 44.5. The molecule has 0 atom stereocenters. The van der Waals surface area contributed by atoms with Crippen molar-refractivity contribution in [2.24, 2.45) is 0 Å². The van der Waals surface area contributed by atoms with E-state index in [4.69, 9.17) is 16.0 Å². The zero-order valence-corrected chi connectivity index (χ0v) is 15.2. The lowest BCUT2D eigenvalue weighted by molar-refractivity contribution is -0.137. The van der Waals surface area contributed by atoms with Crippen LogP contribution in [0.4, 0.5) is 18.9 Å². The smallest absolute Gasteiger partial charge is 0.417 e. The van der Waals surface area contributed by atoms with Gasteiger partial charge in [0, 0.05) is 11.3 Å². The van der Waals surface area contributed by atoms with Gasteiger partial charge in [-0.2, -0.15) is 13.2 Å². The van der Waals surface area contributed by atoms with E-state index in [1.165, 1.54) is 18.2 Å². The summed E-state index contributed by atoms with van der Waals surface area (Å²) in [6, 6.07) is 11.9. The van der Waals surface area contributed by atoms with Crippen molar-refractivity contribution in [3.8, 4) is 11.3 Å². The van der Waals surface area contributed by atoms with Crippen LogP contribution >= 0.6 is 11.6 Å². The van der Waals surface area contributed by atoms with Crippen LogP contribution in [0.25, 0.3) is 11.3 Å². The Labute approximate surface area is 158 Å². The number of alkyl halides is 3. The fourth-order valence-corrected chi connectivity index (χ4v) is 2.92. The minimum Gasteiger partial charge on any atom is -0.451 e. The first-order valence-electron chi connectivity index (χ1n) is 8.01. The number of nitrogens with one attached hydrogen (secondary N) is 1. The maximum absolute atomic E-state index is 13.0. The monoisotopic (exact) mass is 393 g/mol. The van der Waals surface area contributed by atoms with Gasteiger partial charge < -0.3 is 9.73 Å². The topological polar surface area (TPSA) is 42.2 Å². The molecule has 3 aromatic rings. The molecule has 0 saturated carbocycles. The standard InChI is InChI=1S/C20H15ClF3NO2/c1-11-4-3-5-12(2)18(11)25-19(26)17-9-8-16(27-17)13-6-7-15(21)14(10-13)20(22,23)24/h3-10H,1-2H3,(H,25,26). The van der Waals surface area contributed by atoms with E-state index >= 15 is 0 Å². The van der Waals surface area contributed by atoms with Crippen molar-refractivity contribution in [1.29, 1.82) is 0 Å². The number of halogens is 4. The molecule has 2 aromatic carbocycles. The highest BCUT2D eigenvalue weighted by atomic mass is 35.5. The van der Waals surface area contributed by atoms with Crippen molar-refractivity contribution < 1.29 is 22.4 Å². The number of carbonyl (C=O) groups excluding carboxylic acids is 1. The van der Waals surface area contributed by atoms with Crippen molar-refractivity contribution in [3.05, 3.63) is 76.0 Å². The molecule has 1 aromatic heterocycles. The second kappa shape index (κ2) is 7.12. The van der Waals surface area contributed by atoms with Gasteiger partial charge in [0.25, 0.3) is 5.91 Å². The fraction of sp³-hybridized carbons (Fsp3) is 0.150. The van der Waals surface area contributed by atoms with Gasteiger partial charge in [0.1, 0.15) is 5.76 Å². The first-order chi connectivity index (χ1) is 12.7. The predicted molar refractivity (Wildman–Crippen MR) is 98.0 cm³/mol. The summed E-state index contributed by atoms with van der Waals surface area (Å²) in [4.78, 5) is 12.4. The van der Waals surface area contributed by atoms with E-state index in [0.717, 1.165) is 23.3 Å². The third-order valence-electron chi connectivity index (χ3n) is 4.11. The quantitative estimate of drug-likeness (QED) is 0.552. The molecular weight excluding hydrogens is 379 g/mol. The maximum Gasteiger partial charge on any atom is 0.417 e. The number of anilines is 1. The van der Waals surface area contributed by atoms with E-state index in [0.29, 0.717) is 5.69 Å². The molecule has 0 bridgehead atoms. The average Bonchev–Trinajstić information content (AvgIpc) is 3.07. The van der Waals surface area contributed by atoms with E-state index in [1.807, 2.05) is 32.0 Å². The maximum atomic E-state index is 13.0. The lowest BCUT2D eigenvalue weighted by Crippen LogP contribution is -2.12. The molecule has 0 radical (unpaired) electrons. The van der Waals surface area contributed by atoms with Gasteiger partial charge >= 0.3 is 6.18 Å². The summed E-state index contributed by atoms with van der Waals surface area (Å²) in [6.45, 7) is 3.73. The van der Waals surface area contributed by atoms with Crippen molar-refractivity contribution in [2.45, 2.75) is 20.0 Å². The minimum absolute atomic E-state index is 0.00355. The number of rotatable bonds is 3. The Hall–Kier alpha value is -2.73. The van der Waals surface area contributed by atoms with Crippen LogP contribution in [0.2, 0.25) is 5.02 Å². The molecule has 1 heterocycles. The van der Waals surface area contributed by atoms with Crippen molar-refractivity contribution >= 4 is 23.2 Å². The number of carbonyl (C=O) groups is 1. The van der Waals surface area contributed by atoms with E-state index in [2.05, 4.69) is 5.32 Å². The second-order valence-corrected chi connectivity index (χ2v) is 6.48. The van der Waals surface area contributed by atoms with Gasteiger partial charge in [-0.15, -0.1) is 0 Å². The molecule has 27 heavy (non-hydrogen) atoms. The van der Waals surface area contributed by atoms with Crippen molar-refractivity contribution in [3.63, 3.8) is 0 Å². The van der Waals surface area contributed by atoms with E-state index < -0.39 is 22.7 Å². The highest BCUT2D eigenvalue weighted by molar-refractivity contribution is 6.31. The van der Waals surface area contributed by atoms with Crippen LogP contribution < -0.4 is 5.32 Å². The van der Waals surface area contributed by atoms with Crippen LogP contribution in [-0.4, -0.2) is 5.91 Å². The number of benzene rings is 2. The van der Waals surface area contributed by atoms with Crippen LogP contribution in [0.15, 0.2) is 52.9 Å². The Morgan fingerprint density at radius 3 is 2.33 bits per heavy atom. The normalized spacial score (nSPS) is 11.5. The minimum atomic E-state index is -4.58. The van der Waals surface area contributed by atoms with Gasteiger partial charge in [0.2, 0.25) is 0 Å². The summed E-state index contributed by atoms with van der Waals surface area (Å²) in [6.07, 6.45) is -4.58. The Kier molecular flexibility index (Phi) is 5.02. The third kappa shape index (κ3) is 4.01. The number of amides is 1. The Morgan fingerprint density at radius 1 is 1.04 bits per heavy atom. The molecule has 1 N–H and O–H groups in total. The van der Waals surface area contributed by atoms with E-state index in [9.17, 15) is 18.0 Å². The fourth-order valence-electron chi connectivity index (χ4n) is 2.70. The summed E-state index contributed by atoms with van der Waals surface area (Å²) in [7, 11) is 0. The van der Waals surface area contributed by atoms with Crippen LogP contribution in [0.5, 0.6) is 0 Å². The largest absolute Gasteiger partial charge is 0.451 e. The van der Waals surface area contributed by atoms with Gasteiger partial charge in [0.05, 0.1) is 10.6 Å². The number of hydrogen-bond donors (Lipinski definition) is 1. The van der Waals surface area contributed by atoms with Gasteiger partial charge in [-0.3, -0.25) is 4.79 Å². The summed E-state index contributed by atoms with van der Waals surface area (Å²) >= 11 is 5.63. The van der Waals surface area contributed by atoms with Crippen molar-refractivity contribution in [2.75, 3.05) is 5.32 Å². The number of hydrogen-bond acceptors (Lipinski definition) is 2. The SMILES string of the molecule is Cc1cccc(C)c1NC(=O)c1ccc(-c2ccc(Cl)c(C(F)(F)F)c2)o1. The van der Waals surface area contributed by atoms with E-state index in [1.54, 1.807) is 0 Å². The molecule has 0 aliphatic rings. The highest BCUT2D eigenvalue weighted by Crippen LogP contribution is 2.37. The van der Waals surface area contributed by atoms with Gasteiger partial charge in [0.15, 0.2) is 5.76 Å². The molecule has 7 heteroatoms. The molecule has 140 valence electrons. The van der Waals surface area contributed by atoms with Gasteiger partial charge in [-0.1, -0.05) is 29.8 Å². The first kappa shape index (κ1) is 19.0. The molecule has 0 unspecified atom stereocenters. The van der Waals surface area contributed by atoms with Gasteiger partial charge in [-0.25, -0.2) is 0 Å². The number of aryl methyl sites for hydroxylation is 2. The summed E-state index contributed by atoms with van der Waals surface area (Å²) in [5, 5.41) is 2.37. The Morgan fingerprint density at radius 2 is 1.70 bits per heavy atom. The van der Waals surface area contributed by atoms with Gasteiger partial charge in [-0.05, 0) is 55.3 Å². The third-order valence-corrected chi connectivity index (χ3v) is 4.44. The average molecular weight is 394 g/mol. The lowest BCUT2D eigenvalue weighted by Gasteiger charge is -2.10. The zero-order valence-electron chi connectivity index (χ0n) is 14.4. The van der Waals surface area contributed by atoms with Crippen LogP contribution in [0.1, 0.15) is 27.2 Å². The summed E-state index contributed by atoms with van der Waals surface area (Å²) in [5.41, 5.74) is 1.68. The number of para-hydroxylation sites is 1. The molecule has 0 aliphatic heterocycles. The van der Waals surface area contributed by atoms with Crippen LogP contribution in [0, 0.1) is 13.8 Å². The molecule has 0 spiro atoms. The molecular formula is C20H15ClF3NO2. The molecule has 3 rings (SSSR count). The molecule has 0 fully saturated rings. The lowest BCUT2D eigenvalue weighted by atomic mass is 10.1. The predicted octanol–water partition coefficient (Wildman–Crippen LogP) is 6.49. The summed E-state index contributed by atoms with van der Waals surface area (Å²) in [5.74, 6) is -0.344. The first-order valence-corrected chi connectivity index (χ1v) is 8.39.